The van der Waals surface area contributed by atoms with Crippen molar-refractivity contribution in [2.24, 2.45) is 0 Å². The van der Waals surface area contributed by atoms with E-state index in [1.165, 1.54) is 43.4 Å². The van der Waals surface area contributed by atoms with E-state index in [2.05, 4.69) is 84.5 Å². The molecule has 2 aromatic carbocycles. The molecule has 4 nitrogen and oxygen atoms in total. The first-order chi connectivity index (χ1) is 13.3. The van der Waals surface area contributed by atoms with Crippen LogP contribution in [0.2, 0.25) is 0 Å². The molecule has 2 aromatic heterocycles. The molecule has 1 aliphatic heterocycles. The Kier molecular flexibility index (Phi) is 4.50. The van der Waals surface area contributed by atoms with E-state index in [4.69, 9.17) is 4.98 Å². The lowest BCUT2D eigenvalue weighted by Gasteiger charge is -2.26. The maximum Gasteiger partial charge on any atom is 0.215 e. The predicted octanol–water partition coefficient (Wildman–Crippen LogP) is 5.20. The minimum absolute atomic E-state index is 0.980. The number of piperidine rings is 1. The Morgan fingerprint density at radius 2 is 1.59 bits per heavy atom. The highest BCUT2D eigenvalue weighted by Gasteiger charge is 2.16. The summed E-state index contributed by atoms with van der Waals surface area (Å²) in [5.41, 5.74) is 4.66. The summed E-state index contributed by atoms with van der Waals surface area (Å²) in [7, 11) is 0. The monoisotopic (exact) mass is 422 g/mol. The molecular formula is C22H23BrN4. The highest BCUT2D eigenvalue weighted by molar-refractivity contribution is 9.10. The molecule has 0 spiro atoms. The molecule has 0 amide bonds. The van der Waals surface area contributed by atoms with Crippen molar-refractivity contribution in [3.05, 3.63) is 59.2 Å². The molecule has 4 aromatic rings. The molecule has 0 bridgehead atoms. The van der Waals surface area contributed by atoms with Crippen LogP contribution in [-0.2, 0) is 6.54 Å². The maximum absolute atomic E-state index is 5.01. The Balaban J connectivity index is 1.55. The summed E-state index contributed by atoms with van der Waals surface area (Å²) >= 11 is 3.51. The Morgan fingerprint density at radius 3 is 2.37 bits per heavy atom. The summed E-state index contributed by atoms with van der Waals surface area (Å²) in [6.07, 6.45) is 6.21. The van der Waals surface area contributed by atoms with Gasteiger partial charge >= 0.3 is 0 Å². The van der Waals surface area contributed by atoms with E-state index in [9.17, 15) is 0 Å². The van der Waals surface area contributed by atoms with Crippen LogP contribution >= 0.6 is 15.9 Å². The topological polar surface area (TPSA) is 25.5 Å². The van der Waals surface area contributed by atoms with Crippen molar-refractivity contribution < 1.29 is 0 Å². The summed E-state index contributed by atoms with van der Waals surface area (Å²) in [4.78, 5) is 7.60. The average molecular weight is 423 g/mol. The van der Waals surface area contributed by atoms with Crippen LogP contribution < -0.4 is 0 Å². The minimum atomic E-state index is 0.980. The van der Waals surface area contributed by atoms with Crippen LogP contribution in [0.1, 0.15) is 19.3 Å². The van der Waals surface area contributed by atoms with Crippen molar-refractivity contribution in [2.45, 2.75) is 25.8 Å². The molecule has 0 radical (unpaired) electrons. The lowest BCUT2D eigenvalue weighted by molar-refractivity contribution is 0.222. The standard InChI is InChI=1S/C22H23BrN4/c23-18-10-8-17(9-11-18)19-16-27-21-7-3-2-6-20(21)26(22(27)24-19)15-14-25-12-4-1-5-13-25/h2-3,6-11,16H,1,4-5,12-15H2. The largest absolute Gasteiger partial charge is 0.308 e. The average Bonchev–Trinajstić information content (AvgIpc) is 3.26. The summed E-state index contributed by atoms with van der Waals surface area (Å²) in [5.74, 6) is 1.03. The van der Waals surface area contributed by atoms with E-state index in [0.717, 1.165) is 34.6 Å². The number of hydrogen-bond acceptors (Lipinski definition) is 2. The molecule has 0 saturated carbocycles. The van der Waals surface area contributed by atoms with Gasteiger partial charge in [0.1, 0.15) is 0 Å². The maximum atomic E-state index is 5.01. The molecule has 1 saturated heterocycles. The number of para-hydroxylation sites is 2. The van der Waals surface area contributed by atoms with Gasteiger partial charge in [0.2, 0.25) is 5.78 Å². The van der Waals surface area contributed by atoms with Gasteiger partial charge in [-0.3, -0.25) is 4.40 Å². The Hall–Kier alpha value is -2.11. The quantitative estimate of drug-likeness (QED) is 0.451. The molecule has 138 valence electrons. The van der Waals surface area contributed by atoms with E-state index in [1.807, 2.05) is 0 Å². The number of nitrogens with zero attached hydrogens (tertiary/aromatic N) is 4. The zero-order valence-electron chi connectivity index (χ0n) is 15.3. The SMILES string of the molecule is Brc1ccc(-c2cn3c4ccccc4n(CCN4CCCCC4)c3n2)cc1. The fraction of sp³-hybridized carbons (Fsp3) is 0.318. The first-order valence-corrected chi connectivity index (χ1v) is 10.5. The molecule has 0 N–H and O–H groups in total. The third kappa shape index (κ3) is 3.19. The van der Waals surface area contributed by atoms with Crippen molar-refractivity contribution in [1.82, 2.24) is 18.9 Å². The predicted molar refractivity (Wildman–Crippen MR) is 114 cm³/mol. The lowest BCUT2D eigenvalue weighted by atomic mass is 10.1. The lowest BCUT2D eigenvalue weighted by Crippen LogP contribution is -2.32. The summed E-state index contributed by atoms with van der Waals surface area (Å²) in [5, 5.41) is 0. The Labute approximate surface area is 167 Å². The van der Waals surface area contributed by atoms with Gasteiger partial charge in [0.25, 0.3) is 0 Å². The summed E-state index contributed by atoms with van der Waals surface area (Å²) < 4.78 is 5.71. The number of fused-ring (bicyclic) bond motifs is 3. The van der Waals surface area contributed by atoms with Crippen LogP contribution in [0.25, 0.3) is 28.1 Å². The fourth-order valence-corrected chi connectivity index (χ4v) is 4.41. The number of rotatable bonds is 4. The molecule has 1 fully saturated rings. The van der Waals surface area contributed by atoms with E-state index < -0.39 is 0 Å². The normalized spacial score (nSPS) is 15.7. The van der Waals surface area contributed by atoms with E-state index in [1.54, 1.807) is 0 Å². The van der Waals surface area contributed by atoms with Crippen LogP contribution in [-0.4, -0.2) is 38.5 Å². The molecule has 5 heteroatoms. The van der Waals surface area contributed by atoms with Crippen molar-refractivity contribution in [2.75, 3.05) is 19.6 Å². The zero-order valence-corrected chi connectivity index (χ0v) is 16.9. The highest BCUT2D eigenvalue weighted by atomic mass is 79.9. The number of likely N-dealkylation sites (tertiary alicyclic amines) is 1. The van der Waals surface area contributed by atoms with Crippen LogP contribution in [0.5, 0.6) is 0 Å². The summed E-state index contributed by atoms with van der Waals surface area (Å²) in [6, 6.07) is 17.0. The molecule has 1 aliphatic rings. The highest BCUT2D eigenvalue weighted by Crippen LogP contribution is 2.26. The first kappa shape index (κ1) is 17.0. The minimum Gasteiger partial charge on any atom is -0.308 e. The Morgan fingerprint density at radius 1 is 0.852 bits per heavy atom. The number of hydrogen-bond donors (Lipinski definition) is 0. The van der Waals surface area contributed by atoms with Gasteiger partial charge in [-0.05, 0) is 50.2 Å². The molecule has 0 unspecified atom stereocenters. The molecule has 27 heavy (non-hydrogen) atoms. The van der Waals surface area contributed by atoms with Crippen molar-refractivity contribution in [3.63, 3.8) is 0 Å². The van der Waals surface area contributed by atoms with Gasteiger partial charge in [-0.15, -0.1) is 0 Å². The first-order valence-electron chi connectivity index (χ1n) is 9.74. The second kappa shape index (κ2) is 7.13. The zero-order chi connectivity index (χ0) is 18.2. The van der Waals surface area contributed by atoms with Crippen LogP contribution in [0.4, 0.5) is 0 Å². The van der Waals surface area contributed by atoms with Crippen LogP contribution in [0, 0.1) is 0 Å². The van der Waals surface area contributed by atoms with Crippen molar-refractivity contribution in [1.29, 1.82) is 0 Å². The van der Waals surface area contributed by atoms with E-state index in [0.29, 0.717) is 0 Å². The molecule has 0 atom stereocenters. The van der Waals surface area contributed by atoms with E-state index in [-0.39, 0.29) is 0 Å². The molecule has 3 heterocycles. The number of halogens is 1. The third-order valence-electron chi connectivity index (χ3n) is 5.59. The van der Waals surface area contributed by atoms with Crippen LogP contribution in [0.15, 0.2) is 59.2 Å². The van der Waals surface area contributed by atoms with Gasteiger partial charge in [0.15, 0.2) is 0 Å². The van der Waals surface area contributed by atoms with Gasteiger partial charge in [0, 0.05) is 29.3 Å². The second-order valence-electron chi connectivity index (χ2n) is 7.35. The fourth-order valence-electron chi connectivity index (χ4n) is 4.15. The van der Waals surface area contributed by atoms with Crippen molar-refractivity contribution >= 4 is 32.7 Å². The summed E-state index contributed by atoms with van der Waals surface area (Å²) in [6.45, 7) is 4.53. The Bertz CT molecular complexity index is 1070. The smallest absolute Gasteiger partial charge is 0.215 e. The number of aromatic nitrogens is 3. The molecular weight excluding hydrogens is 400 g/mol. The van der Waals surface area contributed by atoms with Gasteiger partial charge < -0.3 is 9.47 Å². The molecule has 0 aliphatic carbocycles. The third-order valence-corrected chi connectivity index (χ3v) is 6.12. The van der Waals surface area contributed by atoms with E-state index >= 15 is 0 Å². The van der Waals surface area contributed by atoms with Gasteiger partial charge in [-0.25, -0.2) is 4.98 Å². The van der Waals surface area contributed by atoms with Crippen LogP contribution in [0.3, 0.4) is 0 Å². The number of imidazole rings is 2. The number of benzene rings is 2. The van der Waals surface area contributed by atoms with Gasteiger partial charge in [-0.1, -0.05) is 46.6 Å². The van der Waals surface area contributed by atoms with Gasteiger partial charge in [0.05, 0.1) is 16.7 Å². The second-order valence-corrected chi connectivity index (χ2v) is 8.26. The van der Waals surface area contributed by atoms with Gasteiger partial charge in [-0.2, -0.15) is 0 Å². The molecule has 5 rings (SSSR count). The van der Waals surface area contributed by atoms with Crippen molar-refractivity contribution in [3.8, 4) is 11.3 Å².